The quantitative estimate of drug-likeness (QED) is 0.211. The summed E-state index contributed by atoms with van der Waals surface area (Å²) in [5.41, 5.74) is 7.54. The molecule has 0 aliphatic carbocycles. The molecule has 4 aromatic carbocycles. The maximum Gasteiger partial charge on any atom is 0.229 e. The maximum absolute atomic E-state index is 5.95. The van der Waals surface area contributed by atoms with Crippen LogP contribution in [0.4, 0.5) is 0 Å². The van der Waals surface area contributed by atoms with Crippen LogP contribution in [0.1, 0.15) is 0 Å². The Labute approximate surface area is 246 Å². The van der Waals surface area contributed by atoms with Gasteiger partial charge in [-0.25, -0.2) is 29.9 Å². The number of benzene rings is 4. The van der Waals surface area contributed by atoms with E-state index in [4.69, 9.17) is 24.4 Å². The molecule has 4 heterocycles. The fourth-order valence-corrected chi connectivity index (χ4v) is 5.08. The summed E-state index contributed by atoms with van der Waals surface area (Å²) in [6.07, 6.45) is 3.53. The molecule has 0 spiro atoms. The van der Waals surface area contributed by atoms with Crippen LogP contribution in [0.25, 0.3) is 78.9 Å². The Hall–Kier alpha value is -6.08. The van der Waals surface area contributed by atoms with E-state index in [-0.39, 0.29) is 0 Å². The van der Waals surface area contributed by atoms with Crippen molar-refractivity contribution in [2.45, 2.75) is 0 Å². The Balaban J connectivity index is 1.18. The number of fused-ring (bicyclic) bond motifs is 3. The van der Waals surface area contributed by atoms with Crippen molar-refractivity contribution in [3.05, 3.63) is 134 Å². The largest absolute Gasteiger partial charge is 0.434 e. The van der Waals surface area contributed by atoms with E-state index < -0.39 is 0 Å². The first-order chi connectivity index (χ1) is 21.3. The van der Waals surface area contributed by atoms with Crippen LogP contribution >= 0.6 is 0 Å². The molecule has 0 saturated heterocycles. The second-order valence-electron chi connectivity index (χ2n) is 10.1. The number of hydrogen-bond acceptors (Lipinski definition) is 7. The predicted molar refractivity (Wildman–Crippen MR) is 168 cm³/mol. The van der Waals surface area contributed by atoms with Crippen LogP contribution < -0.4 is 0 Å². The third-order valence-electron chi connectivity index (χ3n) is 7.28. The van der Waals surface area contributed by atoms with E-state index in [9.17, 15) is 0 Å². The number of nitrogens with zero attached hydrogens (tertiary/aromatic N) is 6. The lowest BCUT2D eigenvalue weighted by molar-refractivity contribution is 0.651. The number of furan rings is 1. The maximum atomic E-state index is 5.95. The van der Waals surface area contributed by atoms with Crippen molar-refractivity contribution in [1.29, 1.82) is 0 Å². The Bertz CT molecular complexity index is 2160. The Morgan fingerprint density at radius 3 is 1.44 bits per heavy atom. The number of aromatic nitrogens is 6. The van der Waals surface area contributed by atoms with Gasteiger partial charge in [-0.05, 0) is 11.6 Å². The topological polar surface area (TPSA) is 90.5 Å². The lowest BCUT2D eigenvalue weighted by atomic mass is 10.0. The van der Waals surface area contributed by atoms with Gasteiger partial charge in [0.15, 0.2) is 28.9 Å². The third kappa shape index (κ3) is 4.69. The van der Waals surface area contributed by atoms with Gasteiger partial charge in [0, 0.05) is 34.0 Å². The van der Waals surface area contributed by atoms with Gasteiger partial charge in [0.2, 0.25) is 5.71 Å². The van der Waals surface area contributed by atoms with Crippen LogP contribution in [0.15, 0.2) is 138 Å². The third-order valence-corrected chi connectivity index (χ3v) is 7.28. The lowest BCUT2D eigenvalue weighted by Gasteiger charge is -2.09. The fourth-order valence-electron chi connectivity index (χ4n) is 5.08. The van der Waals surface area contributed by atoms with Gasteiger partial charge < -0.3 is 4.42 Å². The highest BCUT2D eigenvalue weighted by Gasteiger charge is 2.15. The van der Waals surface area contributed by atoms with Crippen LogP contribution in [0.5, 0.6) is 0 Å². The van der Waals surface area contributed by atoms with Gasteiger partial charge in [-0.3, -0.25) is 0 Å². The average Bonchev–Trinajstić information content (AvgIpc) is 3.46. The molecule has 0 bridgehead atoms. The van der Waals surface area contributed by atoms with Gasteiger partial charge in [0.1, 0.15) is 5.52 Å². The first-order valence-electron chi connectivity index (χ1n) is 13.9. The van der Waals surface area contributed by atoms with Gasteiger partial charge in [-0.15, -0.1) is 0 Å². The van der Waals surface area contributed by atoms with E-state index in [0.29, 0.717) is 34.6 Å². The van der Waals surface area contributed by atoms with Crippen molar-refractivity contribution in [3.63, 3.8) is 0 Å². The number of hydrogen-bond donors (Lipinski definition) is 0. The fraction of sp³-hybridized carbons (Fsp3) is 0. The standard InChI is InChI=1S/C36H22N6O/c1-4-10-24(11-5-1)32-37-22-30-31(39-32)29-20-28(21-38-36(29)43-30)23-16-18-27(19-17-23)35-41-33(25-12-6-2-7-13-25)40-34(42-35)26-14-8-3-9-15-26/h1-22H. The monoisotopic (exact) mass is 554 g/mol. The average molecular weight is 555 g/mol. The summed E-state index contributed by atoms with van der Waals surface area (Å²) in [5.74, 6) is 2.52. The molecular formula is C36H22N6O. The molecule has 0 amide bonds. The minimum Gasteiger partial charge on any atom is -0.434 e. The van der Waals surface area contributed by atoms with Gasteiger partial charge >= 0.3 is 0 Å². The minimum absolute atomic E-state index is 0.530. The molecule has 8 aromatic rings. The Morgan fingerprint density at radius 1 is 0.395 bits per heavy atom. The number of rotatable bonds is 5. The van der Waals surface area contributed by atoms with E-state index >= 15 is 0 Å². The highest BCUT2D eigenvalue weighted by Crippen LogP contribution is 2.32. The molecule has 0 radical (unpaired) electrons. The molecule has 8 rings (SSSR count). The van der Waals surface area contributed by atoms with E-state index in [2.05, 4.69) is 28.2 Å². The smallest absolute Gasteiger partial charge is 0.229 e. The van der Waals surface area contributed by atoms with Crippen LogP contribution in [0, 0.1) is 0 Å². The van der Waals surface area contributed by atoms with Crippen LogP contribution in [-0.4, -0.2) is 29.9 Å². The molecule has 0 aliphatic rings. The first kappa shape index (κ1) is 24.7. The van der Waals surface area contributed by atoms with E-state index in [1.807, 2.05) is 109 Å². The van der Waals surface area contributed by atoms with Crippen LogP contribution in [0.3, 0.4) is 0 Å². The summed E-state index contributed by atoms with van der Waals surface area (Å²) in [7, 11) is 0. The molecule has 7 nitrogen and oxygen atoms in total. The molecule has 0 saturated carbocycles. The molecule has 7 heteroatoms. The molecule has 4 aromatic heterocycles. The summed E-state index contributed by atoms with van der Waals surface area (Å²) in [5, 5.41) is 0.841. The molecule has 43 heavy (non-hydrogen) atoms. The second kappa shape index (κ2) is 10.4. The Morgan fingerprint density at radius 2 is 0.884 bits per heavy atom. The summed E-state index contributed by atoms with van der Waals surface area (Å²) in [6.45, 7) is 0. The van der Waals surface area contributed by atoms with Gasteiger partial charge in [-0.1, -0.05) is 115 Å². The minimum atomic E-state index is 0.530. The van der Waals surface area contributed by atoms with Gasteiger partial charge in [0.25, 0.3) is 0 Å². The predicted octanol–water partition coefficient (Wildman–Crippen LogP) is 8.29. The normalized spacial score (nSPS) is 11.3. The van der Waals surface area contributed by atoms with E-state index in [1.54, 1.807) is 6.20 Å². The zero-order chi connectivity index (χ0) is 28.6. The molecule has 0 unspecified atom stereocenters. The molecule has 202 valence electrons. The van der Waals surface area contributed by atoms with Crippen LogP contribution in [-0.2, 0) is 0 Å². The van der Waals surface area contributed by atoms with Crippen molar-refractivity contribution in [3.8, 4) is 56.7 Å². The summed E-state index contributed by atoms with van der Waals surface area (Å²) in [4.78, 5) is 28.4. The second-order valence-corrected chi connectivity index (χ2v) is 10.1. The number of pyridine rings is 1. The summed E-state index contributed by atoms with van der Waals surface area (Å²) < 4.78 is 5.95. The molecule has 0 aliphatic heterocycles. The first-order valence-corrected chi connectivity index (χ1v) is 13.9. The molecule has 0 fully saturated rings. The van der Waals surface area contributed by atoms with Gasteiger partial charge in [0.05, 0.1) is 11.6 Å². The van der Waals surface area contributed by atoms with E-state index in [0.717, 1.165) is 44.3 Å². The van der Waals surface area contributed by atoms with Crippen molar-refractivity contribution >= 4 is 22.2 Å². The molecule has 0 N–H and O–H groups in total. The highest BCUT2D eigenvalue weighted by atomic mass is 16.3. The zero-order valence-corrected chi connectivity index (χ0v) is 22.8. The molecular weight excluding hydrogens is 532 g/mol. The van der Waals surface area contributed by atoms with Crippen molar-refractivity contribution in [1.82, 2.24) is 29.9 Å². The Kier molecular flexibility index (Phi) is 5.97. The van der Waals surface area contributed by atoms with Crippen molar-refractivity contribution in [2.75, 3.05) is 0 Å². The molecule has 0 atom stereocenters. The SMILES string of the molecule is c1ccc(-c2nc(-c3ccccc3)nc(-c3ccc(-c4cnc5oc6cnc(-c7ccccc7)nc6c5c4)cc3)n2)cc1. The summed E-state index contributed by atoms with van der Waals surface area (Å²) in [6, 6.07) is 40.1. The van der Waals surface area contributed by atoms with Gasteiger partial charge in [-0.2, -0.15) is 0 Å². The van der Waals surface area contributed by atoms with Crippen LogP contribution in [0.2, 0.25) is 0 Å². The van der Waals surface area contributed by atoms with Crippen molar-refractivity contribution in [2.24, 2.45) is 0 Å². The lowest BCUT2D eigenvalue weighted by Crippen LogP contribution is -2.00. The van der Waals surface area contributed by atoms with Crippen molar-refractivity contribution < 1.29 is 4.42 Å². The highest BCUT2D eigenvalue weighted by molar-refractivity contribution is 6.02. The zero-order valence-electron chi connectivity index (χ0n) is 22.8. The summed E-state index contributed by atoms with van der Waals surface area (Å²) >= 11 is 0. The van der Waals surface area contributed by atoms with E-state index in [1.165, 1.54) is 0 Å².